The second-order valence-corrected chi connectivity index (χ2v) is 6.70. The Morgan fingerprint density at radius 3 is 2.32 bits per heavy atom. The van der Waals surface area contributed by atoms with Crippen LogP contribution in [-0.2, 0) is 16.8 Å². The minimum Gasteiger partial charge on any atom is -0.480 e. The van der Waals surface area contributed by atoms with Crippen molar-refractivity contribution in [2.75, 3.05) is 0 Å². The number of hydrogen-bond acceptors (Lipinski definition) is 4. The third-order valence-electron chi connectivity index (χ3n) is 3.42. The van der Waals surface area contributed by atoms with Gasteiger partial charge in [0.2, 0.25) is 0 Å². The molecule has 1 aromatic heterocycles. The summed E-state index contributed by atoms with van der Waals surface area (Å²) >= 11 is 1.63. The highest BCUT2D eigenvalue weighted by Gasteiger charge is 2.34. The summed E-state index contributed by atoms with van der Waals surface area (Å²) in [6.45, 7) is 10.7. The molecule has 108 valence electrons. The molecule has 0 aliphatic rings. The van der Waals surface area contributed by atoms with Gasteiger partial charge in [-0.25, -0.2) is 4.98 Å². The van der Waals surface area contributed by atoms with Crippen molar-refractivity contribution in [3.05, 3.63) is 16.1 Å². The van der Waals surface area contributed by atoms with Gasteiger partial charge in [-0.2, -0.15) is 0 Å². The van der Waals surface area contributed by atoms with Crippen molar-refractivity contribution in [2.24, 2.45) is 0 Å². The van der Waals surface area contributed by atoms with Crippen molar-refractivity contribution in [1.29, 1.82) is 0 Å². The molecule has 4 nitrogen and oxygen atoms in total. The molecular weight excluding hydrogens is 260 g/mol. The van der Waals surface area contributed by atoms with Crippen molar-refractivity contribution >= 4 is 17.3 Å². The fraction of sp³-hybridized carbons (Fsp3) is 0.714. The van der Waals surface area contributed by atoms with Crippen molar-refractivity contribution in [2.45, 2.75) is 65.0 Å². The Morgan fingerprint density at radius 2 is 1.95 bits per heavy atom. The lowest BCUT2D eigenvalue weighted by Crippen LogP contribution is -2.50. The van der Waals surface area contributed by atoms with E-state index in [2.05, 4.69) is 31.1 Å². The van der Waals surface area contributed by atoms with E-state index in [-0.39, 0.29) is 5.41 Å². The number of aliphatic carboxylic acids is 1. The van der Waals surface area contributed by atoms with Crippen LogP contribution in [0.25, 0.3) is 0 Å². The third-order valence-corrected chi connectivity index (χ3v) is 4.73. The Bertz CT molecular complexity index is 431. The Balaban J connectivity index is 2.76. The first-order valence-corrected chi connectivity index (χ1v) is 7.56. The second kappa shape index (κ2) is 6.01. The standard InChI is InChI=1S/C14H24N2O2S/c1-6-14(7-2,12(17)18)15-8-10-9-19-11(16-10)13(3,4)5/h9,15H,6-8H2,1-5H3,(H,17,18). The van der Waals surface area contributed by atoms with E-state index in [1.807, 2.05) is 19.2 Å². The Morgan fingerprint density at radius 1 is 1.37 bits per heavy atom. The number of nitrogens with zero attached hydrogens (tertiary/aromatic N) is 1. The highest BCUT2D eigenvalue weighted by Crippen LogP contribution is 2.26. The zero-order valence-corrected chi connectivity index (χ0v) is 13.2. The fourth-order valence-electron chi connectivity index (χ4n) is 1.87. The second-order valence-electron chi connectivity index (χ2n) is 5.84. The monoisotopic (exact) mass is 284 g/mol. The highest BCUT2D eigenvalue weighted by atomic mass is 32.1. The molecule has 5 heteroatoms. The van der Waals surface area contributed by atoms with Crippen LogP contribution >= 0.6 is 11.3 Å². The molecule has 0 aromatic carbocycles. The van der Waals surface area contributed by atoms with E-state index in [4.69, 9.17) is 0 Å². The summed E-state index contributed by atoms with van der Waals surface area (Å²) in [7, 11) is 0. The average Bonchev–Trinajstić information content (AvgIpc) is 2.79. The van der Waals surface area contributed by atoms with Crippen LogP contribution in [0.3, 0.4) is 0 Å². The molecule has 0 spiro atoms. The molecule has 0 fully saturated rings. The summed E-state index contributed by atoms with van der Waals surface area (Å²) in [5.41, 5.74) is 0.121. The predicted molar refractivity (Wildman–Crippen MR) is 78.6 cm³/mol. The summed E-state index contributed by atoms with van der Waals surface area (Å²) in [5, 5.41) is 15.6. The molecule has 0 saturated heterocycles. The number of hydrogen-bond donors (Lipinski definition) is 2. The van der Waals surface area contributed by atoms with Crippen LogP contribution in [-0.4, -0.2) is 21.6 Å². The minimum absolute atomic E-state index is 0.0440. The Labute approximate surface area is 119 Å². The van der Waals surface area contributed by atoms with E-state index in [0.717, 1.165) is 10.7 Å². The molecule has 19 heavy (non-hydrogen) atoms. The van der Waals surface area contributed by atoms with E-state index >= 15 is 0 Å². The van der Waals surface area contributed by atoms with Crippen molar-refractivity contribution in [3.8, 4) is 0 Å². The number of carboxylic acids is 1. The maximum atomic E-state index is 11.4. The largest absolute Gasteiger partial charge is 0.480 e. The molecule has 0 radical (unpaired) electrons. The molecule has 1 rings (SSSR count). The van der Waals surface area contributed by atoms with Gasteiger partial charge in [-0.1, -0.05) is 34.6 Å². The van der Waals surface area contributed by atoms with Crippen LogP contribution < -0.4 is 5.32 Å². The number of rotatable bonds is 6. The van der Waals surface area contributed by atoms with E-state index in [9.17, 15) is 9.90 Å². The van der Waals surface area contributed by atoms with Crippen molar-refractivity contribution < 1.29 is 9.90 Å². The first kappa shape index (κ1) is 16.1. The van der Waals surface area contributed by atoms with Crippen LogP contribution in [0, 0.1) is 0 Å². The minimum atomic E-state index is -0.842. The molecule has 0 aliphatic heterocycles. The molecule has 0 bridgehead atoms. The number of carbonyl (C=O) groups is 1. The van der Waals surface area contributed by atoms with Crippen LogP contribution in [0.2, 0.25) is 0 Å². The molecule has 2 N–H and O–H groups in total. The Kier molecular flexibility index (Phi) is 5.10. The Hall–Kier alpha value is -0.940. The quantitative estimate of drug-likeness (QED) is 0.842. The smallest absolute Gasteiger partial charge is 0.323 e. The van der Waals surface area contributed by atoms with Crippen LogP contribution in [0.4, 0.5) is 0 Å². The predicted octanol–water partition coefficient (Wildman–Crippen LogP) is 3.17. The van der Waals surface area contributed by atoms with Crippen molar-refractivity contribution in [3.63, 3.8) is 0 Å². The SMILES string of the molecule is CCC(CC)(NCc1csc(C(C)(C)C)n1)C(=O)O. The van der Waals surface area contributed by atoms with Gasteiger partial charge >= 0.3 is 5.97 Å². The zero-order chi connectivity index (χ0) is 14.7. The molecule has 1 heterocycles. The van der Waals surface area contributed by atoms with Crippen LogP contribution in [0.1, 0.15) is 58.2 Å². The zero-order valence-electron chi connectivity index (χ0n) is 12.4. The van der Waals surface area contributed by atoms with E-state index in [1.165, 1.54) is 0 Å². The van der Waals surface area contributed by atoms with Crippen LogP contribution in [0.5, 0.6) is 0 Å². The molecule has 0 unspecified atom stereocenters. The van der Waals surface area contributed by atoms with E-state index in [1.54, 1.807) is 11.3 Å². The third kappa shape index (κ3) is 3.76. The summed E-state index contributed by atoms with van der Waals surface area (Å²) < 4.78 is 0. The van der Waals surface area contributed by atoms with E-state index in [0.29, 0.717) is 19.4 Å². The van der Waals surface area contributed by atoms with Crippen LogP contribution in [0.15, 0.2) is 5.38 Å². The number of carboxylic acid groups (broad SMARTS) is 1. The lowest BCUT2D eigenvalue weighted by molar-refractivity contribution is -0.145. The summed E-state index contributed by atoms with van der Waals surface area (Å²) in [6, 6.07) is 0. The number of nitrogens with one attached hydrogen (secondary N) is 1. The van der Waals surface area contributed by atoms with E-state index < -0.39 is 11.5 Å². The topological polar surface area (TPSA) is 62.2 Å². The maximum absolute atomic E-state index is 11.4. The first-order chi connectivity index (χ1) is 8.75. The van der Waals surface area contributed by atoms with Gasteiger partial charge in [0.05, 0.1) is 10.7 Å². The van der Waals surface area contributed by atoms with Gasteiger partial charge < -0.3 is 5.11 Å². The molecule has 1 aromatic rings. The number of thiazole rings is 1. The van der Waals surface area contributed by atoms with Gasteiger partial charge in [0.15, 0.2) is 0 Å². The normalized spacial score (nSPS) is 12.7. The van der Waals surface area contributed by atoms with Gasteiger partial charge in [0, 0.05) is 17.3 Å². The first-order valence-electron chi connectivity index (χ1n) is 6.68. The summed E-state index contributed by atoms with van der Waals surface area (Å²) in [4.78, 5) is 16.0. The lowest BCUT2D eigenvalue weighted by atomic mass is 9.93. The van der Waals surface area contributed by atoms with Gasteiger partial charge in [-0.3, -0.25) is 10.1 Å². The molecule has 0 saturated carbocycles. The lowest BCUT2D eigenvalue weighted by Gasteiger charge is -2.27. The molecule has 0 aliphatic carbocycles. The maximum Gasteiger partial charge on any atom is 0.323 e. The number of aromatic nitrogens is 1. The fourth-order valence-corrected chi connectivity index (χ4v) is 2.78. The summed E-state index contributed by atoms with van der Waals surface area (Å²) in [5.74, 6) is -0.788. The molecule has 0 amide bonds. The van der Waals surface area contributed by atoms with Gasteiger partial charge in [-0.05, 0) is 12.8 Å². The van der Waals surface area contributed by atoms with Gasteiger partial charge in [0.1, 0.15) is 5.54 Å². The highest BCUT2D eigenvalue weighted by molar-refractivity contribution is 7.09. The summed E-state index contributed by atoms with van der Waals surface area (Å²) in [6.07, 6.45) is 1.13. The molecular formula is C14H24N2O2S. The van der Waals surface area contributed by atoms with Crippen molar-refractivity contribution in [1.82, 2.24) is 10.3 Å². The molecule has 0 atom stereocenters. The van der Waals surface area contributed by atoms with Gasteiger partial charge in [0.25, 0.3) is 0 Å². The average molecular weight is 284 g/mol. The van der Waals surface area contributed by atoms with Gasteiger partial charge in [-0.15, -0.1) is 11.3 Å².